The minimum Gasteiger partial charge on any atom is -0.308 e. The molecule has 2 unspecified atom stereocenters. The molecular weight excluding hydrogens is 1090 g/mol. The molecule has 0 aromatic carbocycles. The maximum atomic E-state index is 15.5. The van der Waals surface area contributed by atoms with Gasteiger partial charge in [0.1, 0.15) is 0 Å². The molecule has 0 bridgehead atoms. The Labute approximate surface area is 535 Å². The molecule has 0 saturated heterocycles. The highest BCUT2D eigenvalue weighted by molar-refractivity contribution is 7.15. The van der Waals surface area contributed by atoms with Crippen LogP contribution in [-0.4, -0.2) is 34.9 Å². The number of aryl methyl sites for hydroxylation is 2. The SMILES string of the molecule is CCCCCCCCCCCCC(CCCCCCCCCC)CCCCN1C(=O)/C(=C2/C(=O)N(CCCCC(CCCCCCCCCC)CCCCCCCCCCCC)c3cc(-c4ccc(C)s4)ncc32)c2cnc(-c3ccc(C)s3)cc21. The van der Waals surface area contributed by atoms with E-state index in [-0.39, 0.29) is 11.8 Å². The summed E-state index contributed by atoms with van der Waals surface area (Å²) in [6.45, 7) is 14.8. The summed E-state index contributed by atoms with van der Waals surface area (Å²) in [5.74, 6) is 1.38. The van der Waals surface area contributed by atoms with Crippen molar-refractivity contribution in [3.63, 3.8) is 0 Å². The molecule has 8 heteroatoms. The fraction of sp³-hybridized carbons (Fsp3) is 0.718. The number of anilines is 2. The fourth-order valence-corrected chi connectivity index (χ4v) is 15.7. The molecule has 0 N–H and O–H groups in total. The molecule has 0 radical (unpaired) electrons. The summed E-state index contributed by atoms with van der Waals surface area (Å²) < 4.78 is 0. The van der Waals surface area contributed by atoms with Crippen molar-refractivity contribution in [2.24, 2.45) is 11.8 Å². The van der Waals surface area contributed by atoms with Crippen LogP contribution in [0, 0.1) is 25.7 Å². The first-order valence-electron chi connectivity index (χ1n) is 36.8. The molecule has 6 heterocycles. The Bertz CT molecular complexity index is 2330. The van der Waals surface area contributed by atoms with Gasteiger partial charge in [-0.2, -0.15) is 0 Å². The zero-order chi connectivity index (χ0) is 60.8. The van der Waals surface area contributed by atoms with E-state index in [0.29, 0.717) is 24.2 Å². The van der Waals surface area contributed by atoms with Gasteiger partial charge in [0, 0.05) is 46.4 Å². The van der Waals surface area contributed by atoms with Gasteiger partial charge in [-0.15, -0.1) is 22.7 Å². The van der Waals surface area contributed by atoms with Crippen LogP contribution in [0.1, 0.15) is 344 Å². The standard InChI is InChI=1S/C78H124N4O2S2/c1-7-11-15-19-23-27-29-33-37-41-49-65(47-39-35-31-25-21-17-13-9-3)51-43-45-57-81-71-59-69(73-55-53-63(5)85-73)79-61-67(71)75(77(81)83)76-68-62-80-70(74-56-54-64(6)86-74)60-72(68)82(78(76)84)58-46-44-52-66(48-40-36-32-26-22-18-14-10-4)50-42-38-34-30-28-24-20-16-12-8-2/h53-56,59-62,65-66H,7-52,57-58H2,1-6H3/b76-75+. The lowest BCUT2D eigenvalue weighted by atomic mass is 9.89. The molecule has 86 heavy (non-hydrogen) atoms. The van der Waals surface area contributed by atoms with Crippen molar-refractivity contribution < 1.29 is 9.59 Å². The first-order valence-corrected chi connectivity index (χ1v) is 38.4. The van der Waals surface area contributed by atoms with Crippen LogP contribution in [0.5, 0.6) is 0 Å². The van der Waals surface area contributed by atoms with Gasteiger partial charge >= 0.3 is 0 Å². The molecule has 6 nitrogen and oxygen atoms in total. The van der Waals surface area contributed by atoms with E-state index in [1.807, 2.05) is 22.2 Å². The van der Waals surface area contributed by atoms with Crippen LogP contribution in [-0.2, 0) is 9.59 Å². The lowest BCUT2D eigenvalue weighted by Crippen LogP contribution is -2.30. The largest absolute Gasteiger partial charge is 0.308 e. The Morgan fingerprint density at radius 3 is 0.860 bits per heavy atom. The smallest absolute Gasteiger partial charge is 0.259 e. The second-order valence-electron chi connectivity index (χ2n) is 26.8. The predicted octanol–water partition coefficient (Wildman–Crippen LogP) is 25.4. The number of hydrogen-bond acceptors (Lipinski definition) is 6. The summed E-state index contributed by atoms with van der Waals surface area (Å²) in [7, 11) is 0. The minimum atomic E-state index is -0.0629. The number of nitrogens with zero attached hydrogens (tertiary/aromatic N) is 4. The molecular formula is C78H124N4O2S2. The number of amides is 2. The molecule has 4 aromatic rings. The molecule has 2 atom stereocenters. The number of fused-ring (bicyclic) bond motifs is 2. The van der Waals surface area contributed by atoms with Crippen molar-refractivity contribution in [1.29, 1.82) is 0 Å². The summed E-state index contributed by atoms with van der Waals surface area (Å²) >= 11 is 3.48. The van der Waals surface area contributed by atoms with Crippen molar-refractivity contribution in [3.05, 3.63) is 69.7 Å². The van der Waals surface area contributed by atoms with E-state index in [9.17, 15) is 0 Å². The molecule has 2 amide bonds. The maximum Gasteiger partial charge on any atom is 0.259 e. The molecule has 480 valence electrons. The predicted molar refractivity (Wildman–Crippen MR) is 378 cm³/mol. The number of aromatic nitrogens is 2. The Kier molecular flexibility index (Phi) is 35.9. The molecule has 0 saturated carbocycles. The van der Waals surface area contributed by atoms with E-state index in [0.717, 1.165) is 81.2 Å². The zero-order valence-corrected chi connectivity index (χ0v) is 57.8. The number of carbonyl (C=O) groups is 2. The van der Waals surface area contributed by atoms with Gasteiger partial charge in [-0.25, -0.2) is 0 Å². The normalized spacial score (nSPS) is 14.8. The van der Waals surface area contributed by atoms with Crippen LogP contribution < -0.4 is 9.80 Å². The van der Waals surface area contributed by atoms with Crippen LogP contribution in [0.2, 0.25) is 0 Å². The molecule has 0 spiro atoms. The lowest BCUT2D eigenvalue weighted by molar-refractivity contribution is -0.114. The first kappa shape index (κ1) is 71.5. The van der Waals surface area contributed by atoms with Crippen LogP contribution in [0.3, 0.4) is 0 Å². The topological polar surface area (TPSA) is 66.4 Å². The van der Waals surface area contributed by atoms with Gasteiger partial charge in [0.15, 0.2) is 0 Å². The summed E-state index contributed by atoms with van der Waals surface area (Å²) in [6, 6.07) is 12.9. The summed E-state index contributed by atoms with van der Waals surface area (Å²) in [5.41, 5.74) is 6.14. The van der Waals surface area contributed by atoms with Gasteiger partial charge in [0.25, 0.3) is 11.8 Å². The van der Waals surface area contributed by atoms with E-state index in [4.69, 9.17) is 9.97 Å². The second kappa shape index (κ2) is 43.2. The summed E-state index contributed by atoms with van der Waals surface area (Å²) in [6.07, 6.45) is 65.2. The zero-order valence-electron chi connectivity index (χ0n) is 56.1. The second-order valence-corrected chi connectivity index (χ2v) is 29.4. The average Bonchev–Trinajstić information content (AvgIpc) is 1.61. The van der Waals surface area contributed by atoms with Crippen molar-refractivity contribution in [2.45, 2.75) is 337 Å². The fourth-order valence-electron chi connectivity index (χ4n) is 14.0. The highest BCUT2D eigenvalue weighted by Gasteiger charge is 2.43. The van der Waals surface area contributed by atoms with Crippen LogP contribution in [0.15, 0.2) is 48.8 Å². The average molecular weight is 1210 g/mol. The molecule has 0 fully saturated rings. The van der Waals surface area contributed by atoms with Crippen molar-refractivity contribution in [1.82, 2.24) is 9.97 Å². The Morgan fingerprint density at radius 2 is 0.605 bits per heavy atom. The quantitative estimate of drug-likeness (QED) is 0.0326. The molecule has 0 aliphatic carbocycles. The number of hydrogen-bond donors (Lipinski definition) is 0. The van der Waals surface area contributed by atoms with Gasteiger partial charge < -0.3 is 9.80 Å². The third-order valence-electron chi connectivity index (χ3n) is 19.4. The summed E-state index contributed by atoms with van der Waals surface area (Å²) in [4.78, 5) is 49.8. The first-order chi connectivity index (χ1) is 42.3. The van der Waals surface area contributed by atoms with Crippen molar-refractivity contribution in [2.75, 3.05) is 22.9 Å². The van der Waals surface area contributed by atoms with E-state index < -0.39 is 0 Å². The van der Waals surface area contributed by atoms with Gasteiger partial charge in [0.05, 0.1) is 43.7 Å². The van der Waals surface area contributed by atoms with Gasteiger partial charge in [-0.1, -0.05) is 310 Å². The summed E-state index contributed by atoms with van der Waals surface area (Å²) in [5, 5.41) is 0. The molecule has 6 rings (SSSR count). The number of rotatable bonds is 52. The van der Waals surface area contributed by atoms with E-state index in [2.05, 4.69) is 77.9 Å². The Hall–Kier alpha value is -3.62. The highest BCUT2D eigenvalue weighted by Crippen LogP contribution is 2.48. The third-order valence-corrected chi connectivity index (χ3v) is 21.4. The molecule has 4 aromatic heterocycles. The van der Waals surface area contributed by atoms with Gasteiger partial charge in [-0.05, 0) is 74.9 Å². The van der Waals surface area contributed by atoms with Crippen LogP contribution >= 0.6 is 22.7 Å². The van der Waals surface area contributed by atoms with E-state index in [1.165, 1.54) is 279 Å². The van der Waals surface area contributed by atoms with E-state index in [1.54, 1.807) is 22.7 Å². The highest BCUT2D eigenvalue weighted by atomic mass is 32.1. The van der Waals surface area contributed by atoms with E-state index >= 15 is 9.59 Å². The monoisotopic (exact) mass is 1210 g/mol. The number of pyridine rings is 2. The number of unbranched alkanes of at least 4 members (excludes halogenated alkanes) is 34. The van der Waals surface area contributed by atoms with Crippen LogP contribution in [0.25, 0.3) is 32.3 Å². The molecule has 2 aliphatic rings. The van der Waals surface area contributed by atoms with Crippen molar-refractivity contribution >= 4 is 57.0 Å². The third kappa shape index (κ3) is 25.0. The van der Waals surface area contributed by atoms with Crippen molar-refractivity contribution in [3.8, 4) is 21.1 Å². The Balaban J connectivity index is 1.16. The van der Waals surface area contributed by atoms with Gasteiger partial charge in [0.2, 0.25) is 0 Å². The van der Waals surface area contributed by atoms with Crippen LogP contribution in [0.4, 0.5) is 11.4 Å². The van der Waals surface area contributed by atoms with Gasteiger partial charge in [-0.3, -0.25) is 19.6 Å². The minimum absolute atomic E-state index is 0.0629. The Morgan fingerprint density at radius 1 is 0.349 bits per heavy atom. The molecule has 2 aliphatic heterocycles. The lowest BCUT2D eigenvalue weighted by Gasteiger charge is -2.20. The number of thiophene rings is 2. The number of carbonyl (C=O) groups excluding carboxylic acids is 2. The maximum absolute atomic E-state index is 15.5.